The van der Waals surface area contributed by atoms with Crippen molar-refractivity contribution in [2.24, 2.45) is 5.73 Å². The summed E-state index contributed by atoms with van der Waals surface area (Å²) in [6.45, 7) is 2.50. The van der Waals surface area contributed by atoms with Crippen LogP contribution in [0, 0.1) is 0 Å². The van der Waals surface area contributed by atoms with Gasteiger partial charge in [0, 0.05) is 10.6 Å². The monoisotopic (exact) mass is 253 g/mol. The van der Waals surface area contributed by atoms with Crippen molar-refractivity contribution in [3.63, 3.8) is 0 Å². The zero-order chi connectivity index (χ0) is 11.9. The van der Waals surface area contributed by atoms with Crippen LogP contribution in [0.4, 0.5) is 8.78 Å². The Labute approximate surface area is 97.2 Å². The first-order valence-corrected chi connectivity index (χ1v) is 5.04. The van der Waals surface area contributed by atoms with Crippen molar-refractivity contribution in [3.8, 4) is 0 Å². The van der Waals surface area contributed by atoms with Crippen LogP contribution in [0.1, 0.15) is 19.4 Å². The van der Waals surface area contributed by atoms with Crippen LogP contribution in [0.15, 0.2) is 18.2 Å². The summed E-state index contributed by atoms with van der Waals surface area (Å²) in [5.74, 6) is -3.20. The van der Waals surface area contributed by atoms with E-state index >= 15 is 0 Å². The van der Waals surface area contributed by atoms with Crippen molar-refractivity contribution in [2.75, 3.05) is 0 Å². The molecule has 0 aromatic heterocycles. The first kappa shape index (κ1) is 12.7. The lowest BCUT2D eigenvalue weighted by Gasteiger charge is -2.31. The molecule has 0 aliphatic carbocycles. The van der Waals surface area contributed by atoms with Gasteiger partial charge in [-0.15, -0.1) is 0 Å². The molecule has 2 N–H and O–H groups in total. The highest BCUT2D eigenvalue weighted by atomic mass is 35.5. The van der Waals surface area contributed by atoms with E-state index in [1.807, 2.05) is 0 Å². The molecule has 0 heterocycles. The van der Waals surface area contributed by atoms with Crippen LogP contribution < -0.4 is 5.73 Å². The van der Waals surface area contributed by atoms with Crippen LogP contribution in [0.25, 0.3) is 0 Å². The lowest BCUT2D eigenvalue weighted by atomic mass is 9.91. The number of hydrogen-bond donors (Lipinski definition) is 1. The second kappa shape index (κ2) is 3.89. The van der Waals surface area contributed by atoms with Crippen molar-refractivity contribution in [3.05, 3.63) is 33.8 Å². The predicted octanol–water partition coefficient (Wildman–Crippen LogP) is 3.82. The van der Waals surface area contributed by atoms with Crippen molar-refractivity contribution in [1.29, 1.82) is 0 Å². The van der Waals surface area contributed by atoms with Gasteiger partial charge < -0.3 is 5.73 Å². The molecule has 84 valence electrons. The van der Waals surface area contributed by atoms with Crippen LogP contribution in [-0.2, 0) is 5.92 Å². The zero-order valence-electron chi connectivity index (χ0n) is 8.32. The number of rotatable bonds is 2. The third-order valence-corrected chi connectivity index (χ3v) is 2.63. The molecule has 0 unspecified atom stereocenters. The minimum absolute atomic E-state index is 0.0778. The Balaban J connectivity index is 3.28. The largest absolute Gasteiger partial charge is 0.320 e. The quantitative estimate of drug-likeness (QED) is 0.852. The van der Waals surface area contributed by atoms with E-state index in [1.165, 1.54) is 32.0 Å². The molecule has 1 rings (SSSR count). The minimum Gasteiger partial charge on any atom is -0.320 e. The van der Waals surface area contributed by atoms with E-state index in [0.29, 0.717) is 5.02 Å². The molecule has 1 nitrogen and oxygen atoms in total. The third-order valence-electron chi connectivity index (χ3n) is 2.08. The van der Waals surface area contributed by atoms with Crippen LogP contribution in [0.2, 0.25) is 10.0 Å². The number of alkyl halides is 2. The number of halogens is 4. The Morgan fingerprint density at radius 2 is 1.73 bits per heavy atom. The Hall–Kier alpha value is -0.380. The van der Waals surface area contributed by atoms with Gasteiger partial charge in [-0.2, -0.15) is 8.78 Å². The lowest BCUT2D eigenvalue weighted by Crippen LogP contribution is -2.48. The maximum absolute atomic E-state index is 13.8. The molecular formula is C10H11Cl2F2N. The standard InChI is InChI=1S/C10H11Cl2F2N/c1-9(2,15)10(13,14)7-4-3-6(11)5-8(7)12/h3-5H,15H2,1-2H3. The number of hydrogen-bond acceptors (Lipinski definition) is 1. The summed E-state index contributed by atoms with van der Waals surface area (Å²) in [5, 5.41) is 0.236. The second-order valence-corrected chi connectivity index (χ2v) is 4.76. The van der Waals surface area contributed by atoms with E-state index in [1.54, 1.807) is 0 Å². The van der Waals surface area contributed by atoms with E-state index < -0.39 is 11.5 Å². The second-order valence-electron chi connectivity index (χ2n) is 3.92. The molecule has 0 fully saturated rings. The number of benzene rings is 1. The molecule has 0 saturated heterocycles. The van der Waals surface area contributed by atoms with Gasteiger partial charge in [-0.25, -0.2) is 0 Å². The average molecular weight is 254 g/mol. The maximum atomic E-state index is 13.8. The minimum atomic E-state index is -3.20. The third kappa shape index (κ3) is 2.41. The molecule has 0 bridgehead atoms. The molecule has 0 aliphatic heterocycles. The Bertz CT molecular complexity index is 372. The van der Waals surface area contributed by atoms with Crippen LogP contribution in [0.3, 0.4) is 0 Å². The molecule has 0 atom stereocenters. The van der Waals surface area contributed by atoms with Gasteiger partial charge >= 0.3 is 0 Å². The predicted molar refractivity (Wildman–Crippen MR) is 58.6 cm³/mol. The fourth-order valence-electron chi connectivity index (χ4n) is 1.09. The summed E-state index contributed by atoms with van der Waals surface area (Å²) >= 11 is 11.3. The molecular weight excluding hydrogens is 243 g/mol. The highest BCUT2D eigenvalue weighted by Crippen LogP contribution is 2.41. The molecule has 0 radical (unpaired) electrons. The van der Waals surface area contributed by atoms with Crippen LogP contribution in [-0.4, -0.2) is 5.54 Å². The molecule has 5 heteroatoms. The topological polar surface area (TPSA) is 26.0 Å². The summed E-state index contributed by atoms with van der Waals surface area (Å²) in [7, 11) is 0. The lowest BCUT2D eigenvalue weighted by molar-refractivity contribution is -0.0671. The van der Waals surface area contributed by atoms with Crippen molar-refractivity contribution < 1.29 is 8.78 Å². The maximum Gasteiger partial charge on any atom is 0.291 e. The van der Waals surface area contributed by atoms with Gasteiger partial charge in [0.2, 0.25) is 0 Å². The van der Waals surface area contributed by atoms with Gasteiger partial charge in [-0.05, 0) is 32.0 Å². The Morgan fingerprint density at radius 1 is 1.20 bits per heavy atom. The molecule has 0 saturated carbocycles. The van der Waals surface area contributed by atoms with Crippen LogP contribution >= 0.6 is 23.2 Å². The fraction of sp³-hybridized carbons (Fsp3) is 0.400. The van der Waals surface area contributed by atoms with Gasteiger partial charge in [0.25, 0.3) is 5.92 Å². The van der Waals surface area contributed by atoms with E-state index in [2.05, 4.69) is 0 Å². The van der Waals surface area contributed by atoms with E-state index in [0.717, 1.165) is 0 Å². The van der Waals surface area contributed by atoms with E-state index in [9.17, 15) is 8.78 Å². The normalized spacial score (nSPS) is 13.0. The van der Waals surface area contributed by atoms with Gasteiger partial charge in [-0.1, -0.05) is 23.2 Å². The Kier molecular flexibility index (Phi) is 3.29. The van der Waals surface area contributed by atoms with E-state index in [-0.39, 0.29) is 10.6 Å². The first-order valence-electron chi connectivity index (χ1n) is 4.28. The summed E-state index contributed by atoms with van der Waals surface area (Å²) in [6.07, 6.45) is 0. The molecule has 0 aliphatic rings. The van der Waals surface area contributed by atoms with Crippen molar-refractivity contribution in [1.82, 2.24) is 0 Å². The van der Waals surface area contributed by atoms with Gasteiger partial charge in [0.1, 0.15) is 0 Å². The zero-order valence-corrected chi connectivity index (χ0v) is 9.83. The average Bonchev–Trinajstić information content (AvgIpc) is 2.00. The molecule has 1 aromatic rings. The van der Waals surface area contributed by atoms with Gasteiger partial charge in [-0.3, -0.25) is 0 Å². The fourth-order valence-corrected chi connectivity index (χ4v) is 1.62. The molecule has 0 amide bonds. The van der Waals surface area contributed by atoms with Gasteiger partial charge in [0.05, 0.1) is 10.6 Å². The molecule has 15 heavy (non-hydrogen) atoms. The van der Waals surface area contributed by atoms with Crippen molar-refractivity contribution in [2.45, 2.75) is 25.3 Å². The molecule has 1 aromatic carbocycles. The summed E-state index contributed by atoms with van der Waals surface area (Å²) in [4.78, 5) is 0. The highest BCUT2D eigenvalue weighted by molar-refractivity contribution is 6.35. The SMILES string of the molecule is CC(C)(N)C(F)(F)c1ccc(Cl)cc1Cl. The summed E-state index contributed by atoms with van der Waals surface area (Å²) in [6, 6.07) is 3.83. The smallest absolute Gasteiger partial charge is 0.291 e. The van der Waals surface area contributed by atoms with Crippen LogP contribution in [0.5, 0.6) is 0 Å². The van der Waals surface area contributed by atoms with Crippen molar-refractivity contribution >= 4 is 23.2 Å². The molecule has 0 spiro atoms. The summed E-state index contributed by atoms with van der Waals surface area (Å²) < 4.78 is 27.6. The van der Waals surface area contributed by atoms with E-state index in [4.69, 9.17) is 28.9 Å². The Morgan fingerprint density at radius 3 is 2.13 bits per heavy atom. The first-order chi connectivity index (χ1) is 6.66. The summed E-state index contributed by atoms with van der Waals surface area (Å²) in [5.41, 5.74) is 3.43. The highest BCUT2D eigenvalue weighted by Gasteiger charge is 2.46. The van der Waals surface area contributed by atoms with Gasteiger partial charge in [0.15, 0.2) is 0 Å². The number of nitrogens with two attached hydrogens (primary N) is 1.